The Morgan fingerprint density at radius 3 is 2.47 bits per heavy atom. The van der Waals surface area contributed by atoms with E-state index in [1.54, 1.807) is 24.3 Å². The molecule has 2 aromatic carbocycles. The molecule has 0 fully saturated rings. The topological polar surface area (TPSA) is 153 Å². The van der Waals surface area contributed by atoms with Gasteiger partial charge in [-0.05, 0) is 48.5 Å². The Bertz CT molecular complexity index is 1280. The van der Waals surface area contributed by atoms with Crippen molar-refractivity contribution in [1.82, 2.24) is 4.98 Å². The van der Waals surface area contributed by atoms with Crippen molar-refractivity contribution in [2.24, 2.45) is 16.6 Å². The minimum absolute atomic E-state index is 0.0105. The number of primary amides is 2. The number of amides is 3. The number of aromatic nitrogens is 1. The SMILES string of the molecule is NC(=O)c1cccc(Oc2ccc(NC(=O)C3=NN(c4ccc(F)cc4)C(C(N)=O)C3)cn2)c1. The molecule has 1 aliphatic rings. The molecule has 0 saturated carbocycles. The van der Waals surface area contributed by atoms with Crippen molar-refractivity contribution < 1.29 is 23.5 Å². The number of benzene rings is 2. The molecule has 0 spiro atoms. The highest BCUT2D eigenvalue weighted by atomic mass is 19.1. The van der Waals surface area contributed by atoms with Gasteiger partial charge >= 0.3 is 0 Å². The first-order chi connectivity index (χ1) is 16.3. The van der Waals surface area contributed by atoms with Gasteiger partial charge in [0.1, 0.15) is 23.3 Å². The summed E-state index contributed by atoms with van der Waals surface area (Å²) in [6, 6.07) is 13.9. The van der Waals surface area contributed by atoms with Crippen LogP contribution >= 0.6 is 0 Å². The number of hydrazone groups is 1. The number of nitrogens with one attached hydrogen (secondary N) is 1. The zero-order valence-corrected chi connectivity index (χ0v) is 17.6. The van der Waals surface area contributed by atoms with E-state index >= 15 is 0 Å². The zero-order chi connectivity index (χ0) is 24.2. The van der Waals surface area contributed by atoms with E-state index in [-0.39, 0.29) is 18.0 Å². The van der Waals surface area contributed by atoms with E-state index in [2.05, 4.69) is 15.4 Å². The molecular weight excluding hydrogens is 443 g/mol. The maximum Gasteiger partial charge on any atom is 0.272 e. The molecule has 1 aromatic heterocycles. The second-order valence-electron chi connectivity index (χ2n) is 7.32. The van der Waals surface area contributed by atoms with Gasteiger partial charge in [-0.2, -0.15) is 5.10 Å². The number of anilines is 2. The minimum atomic E-state index is -0.878. The molecule has 2 heterocycles. The van der Waals surface area contributed by atoms with Gasteiger partial charge in [0.25, 0.3) is 5.91 Å². The molecule has 0 bridgehead atoms. The molecular formula is C23H19FN6O4. The Morgan fingerprint density at radius 2 is 1.82 bits per heavy atom. The predicted octanol–water partition coefficient (Wildman–Crippen LogP) is 2.17. The van der Waals surface area contributed by atoms with Gasteiger partial charge in [-0.1, -0.05) is 6.07 Å². The van der Waals surface area contributed by atoms with Crippen LogP contribution in [0.1, 0.15) is 16.8 Å². The average molecular weight is 462 g/mol. The summed E-state index contributed by atoms with van der Waals surface area (Å²) in [5.74, 6) is -1.63. The monoisotopic (exact) mass is 462 g/mol. The number of carbonyl (C=O) groups excluding carboxylic acids is 3. The molecule has 3 amide bonds. The van der Waals surface area contributed by atoms with Crippen molar-refractivity contribution in [1.29, 1.82) is 0 Å². The second kappa shape index (κ2) is 9.36. The molecule has 34 heavy (non-hydrogen) atoms. The lowest BCUT2D eigenvalue weighted by Gasteiger charge is -2.20. The summed E-state index contributed by atoms with van der Waals surface area (Å²) in [5.41, 5.74) is 11.9. The number of halogens is 1. The van der Waals surface area contributed by atoms with Crippen LogP contribution < -0.4 is 26.5 Å². The van der Waals surface area contributed by atoms with Gasteiger partial charge in [0.15, 0.2) is 0 Å². The quantitative estimate of drug-likeness (QED) is 0.489. The van der Waals surface area contributed by atoms with Gasteiger partial charge in [-0.25, -0.2) is 9.37 Å². The van der Waals surface area contributed by atoms with E-state index in [1.807, 2.05) is 0 Å². The van der Waals surface area contributed by atoms with Crippen LogP contribution in [0.15, 0.2) is 72.0 Å². The third-order valence-electron chi connectivity index (χ3n) is 4.93. The van der Waals surface area contributed by atoms with Crippen LogP contribution in [0.5, 0.6) is 11.6 Å². The summed E-state index contributed by atoms with van der Waals surface area (Å²) < 4.78 is 18.8. The van der Waals surface area contributed by atoms with Crippen LogP contribution in [0, 0.1) is 5.82 Å². The maximum absolute atomic E-state index is 13.2. The summed E-state index contributed by atoms with van der Waals surface area (Å²) in [7, 11) is 0. The first kappa shape index (κ1) is 22.4. The molecule has 0 aliphatic carbocycles. The Kier molecular flexibility index (Phi) is 6.17. The summed E-state index contributed by atoms with van der Waals surface area (Å²) in [5, 5.41) is 8.16. The van der Waals surface area contributed by atoms with Crippen LogP contribution in [0.4, 0.5) is 15.8 Å². The molecule has 3 aromatic rings. The number of rotatable bonds is 7. The van der Waals surface area contributed by atoms with E-state index in [0.717, 1.165) is 0 Å². The lowest BCUT2D eigenvalue weighted by molar-refractivity contribution is -0.119. The predicted molar refractivity (Wildman–Crippen MR) is 122 cm³/mol. The van der Waals surface area contributed by atoms with Crippen molar-refractivity contribution in [2.45, 2.75) is 12.5 Å². The molecule has 172 valence electrons. The fraction of sp³-hybridized carbons (Fsp3) is 0.0870. The van der Waals surface area contributed by atoms with Gasteiger partial charge in [0.2, 0.25) is 17.7 Å². The molecule has 11 heteroatoms. The highest BCUT2D eigenvalue weighted by Crippen LogP contribution is 2.26. The summed E-state index contributed by atoms with van der Waals surface area (Å²) >= 11 is 0. The maximum atomic E-state index is 13.2. The standard InChI is InChI=1S/C23H19FN6O4/c24-14-4-7-16(8-5-14)30-19(22(26)32)11-18(29-30)23(33)28-15-6-9-20(27-12-15)34-17-3-1-2-13(10-17)21(25)31/h1-10,12,19H,11H2,(H2,25,31)(H2,26,32)(H,28,33). The minimum Gasteiger partial charge on any atom is -0.439 e. The van der Waals surface area contributed by atoms with Gasteiger partial charge in [0, 0.05) is 18.1 Å². The number of pyridine rings is 1. The molecule has 0 radical (unpaired) electrons. The number of hydrogen-bond acceptors (Lipinski definition) is 7. The lowest BCUT2D eigenvalue weighted by atomic mass is 10.1. The van der Waals surface area contributed by atoms with Crippen LogP contribution in [-0.2, 0) is 9.59 Å². The Hall–Kier alpha value is -4.80. The zero-order valence-electron chi connectivity index (χ0n) is 17.6. The van der Waals surface area contributed by atoms with Crippen molar-refractivity contribution in [2.75, 3.05) is 10.3 Å². The van der Waals surface area contributed by atoms with Crippen molar-refractivity contribution in [3.63, 3.8) is 0 Å². The number of carbonyl (C=O) groups is 3. The fourth-order valence-electron chi connectivity index (χ4n) is 3.25. The fourth-order valence-corrected chi connectivity index (χ4v) is 3.25. The van der Waals surface area contributed by atoms with Crippen LogP contribution in [0.3, 0.4) is 0 Å². The Balaban J connectivity index is 1.44. The Morgan fingerprint density at radius 1 is 1.06 bits per heavy atom. The average Bonchev–Trinajstić information content (AvgIpc) is 3.27. The molecule has 1 aliphatic heterocycles. The number of nitrogens with two attached hydrogens (primary N) is 2. The summed E-state index contributed by atoms with van der Waals surface area (Å²) in [6.07, 6.45) is 1.37. The summed E-state index contributed by atoms with van der Waals surface area (Å²) in [6.45, 7) is 0. The number of hydrogen-bond donors (Lipinski definition) is 3. The van der Waals surface area contributed by atoms with E-state index in [9.17, 15) is 18.8 Å². The van der Waals surface area contributed by atoms with E-state index in [1.165, 1.54) is 47.6 Å². The van der Waals surface area contributed by atoms with E-state index in [4.69, 9.17) is 16.2 Å². The van der Waals surface area contributed by atoms with Crippen LogP contribution in [-0.4, -0.2) is 34.5 Å². The number of ether oxygens (including phenoxy) is 1. The lowest BCUT2D eigenvalue weighted by Crippen LogP contribution is -2.39. The van der Waals surface area contributed by atoms with Crippen molar-refractivity contribution in [3.05, 3.63) is 78.2 Å². The second-order valence-corrected chi connectivity index (χ2v) is 7.32. The van der Waals surface area contributed by atoms with Crippen molar-refractivity contribution >= 4 is 34.8 Å². The third kappa shape index (κ3) is 4.99. The van der Waals surface area contributed by atoms with Crippen LogP contribution in [0.2, 0.25) is 0 Å². The first-order valence-corrected chi connectivity index (χ1v) is 10.1. The molecule has 1 atom stereocenters. The molecule has 5 N–H and O–H groups in total. The highest BCUT2D eigenvalue weighted by molar-refractivity contribution is 6.44. The Labute approximate surface area is 193 Å². The largest absolute Gasteiger partial charge is 0.439 e. The normalized spacial score (nSPS) is 14.9. The van der Waals surface area contributed by atoms with Crippen LogP contribution in [0.25, 0.3) is 0 Å². The molecule has 10 nitrogen and oxygen atoms in total. The third-order valence-corrected chi connectivity index (χ3v) is 4.93. The van der Waals surface area contributed by atoms with E-state index in [0.29, 0.717) is 22.7 Å². The van der Waals surface area contributed by atoms with Gasteiger partial charge < -0.3 is 21.5 Å². The van der Waals surface area contributed by atoms with E-state index < -0.39 is 29.6 Å². The van der Waals surface area contributed by atoms with Gasteiger partial charge in [-0.3, -0.25) is 19.4 Å². The van der Waals surface area contributed by atoms with Gasteiger partial charge in [0.05, 0.1) is 17.6 Å². The molecule has 0 saturated heterocycles. The summed E-state index contributed by atoms with van der Waals surface area (Å²) in [4.78, 5) is 40.0. The van der Waals surface area contributed by atoms with Gasteiger partial charge in [-0.15, -0.1) is 0 Å². The number of nitrogens with zero attached hydrogens (tertiary/aromatic N) is 3. The highest BCUT2D eigenvalue weighted by Gasteiger charge is 2.35. The molecule has 1 unspecified atom stereocenters. The van der Waals surface area contributed by atoms with Crippen molar-refractivity contribution in [3.8, 4) is 11.6 Å². The molecule has 4 rings (SSSR count). The first-order valence-electron chi connectivity index (χ1n) is 10.1. The smallest absolute Gasteiger partial charge is 0.272 e.